The van der Waals surface area contributed by atoms with Gasteiger partial charge < -0.3 is 15.4 Å². The fraction of sp³-hybridized carbons (Fsp3) is 0.500. The monoisotopic (exact) mass is 346 g/mol. The molecule has 2 amide bonds. The molecule has 1 aliphatic heterocycles. The molecule has 0 radical (unpaired) electrons. The molecule has 136 valence electrons. The van der Waals surface area contributed by atoms with Crippen LogP contribution in [-0.2, 0) is 16.0 Å². The number of amides is 2. The molecule has 7 nitrogen and oxygen atoms in total. The van der Waals surface area contributed by atoms with Gasteiger partial charge in [0.05, 0.1) is 7.11 Å². The quantitative estimate of drug-likeness (QED) is 0.436. The molecular formula is C18H26N4O3. The van der Waals surface area contributed by atoms with Crippen LogP contribution in [0.4, 0.5) is 0 Å². The summed E-state index contributed by atoms with van der Waals surface area (Å²) in [7, 11) is 3.35. The van der Waals surface area contributed by atoms with Crippen LogP contribution >= 0.6 is 0 Å². The number of piperidine rings is 1. The smallest absolute Gasteiger partial charge is 0.229 e. The number of aliphatic imine (C=N–C) groups is 1. The van der Waals surface area contributed by atoms with Crippen LogP contribution in [0.2, 0.25) is 0 Å². The molecule has 0 aromatic heterocycles. The molecule has 0 saturated carbocycles. The van der Waals surface area contributed by atoms with Gasteiger partial charge in [0.25, 0.3) is 0 Å². The van der Waals surface area contributed by atoms with Crippen molar-refractivity contribution in [2.75, 3.05) is 33.8 Å². The van der Waals surface area contributed by atoms with Crippen molar-refractivity contribution in [2.24, 2.45) is 4.99 Å². The van der Waals surface area contributed by atoms with Gasteiger partial charge in [-0.25, -0.2) is 0 Å². The third-order valence-corrected chi connectivity index (χ3v) is 4.11. The fourth-order valence-corrected chi connectivity index (χ4v) is 2.78. The van der Waals surface area contributed by atoms with E-state index < -0.39 is 0 Å². The number of hydrogen-bond donors (Lipinski definition) is 2. The van der Waals surface area contributed by atoms with Gasteiger partial charge in [-0.05, 0) is 24.5 Å². The number of methoxy groups -OCH3 is 1. The molecule has 0 aliphatic carbocycles. The Balaban J connectivity index is 1.73. The molecule has 0 spiro atoms. The molecule has 0 atom stereocenters. The summed E-state index contributed by atoms with van der Waals surface area (Å²) >= 11 is 0. The second kappa shape index (κ2) is 9.66. The first-order chi connectivity index (χ1) is 12.2. The lowest BCUT2D eigenvalue weighted by atomic mass is 10.1. The highest BCUT2D eigenvalue weighted by Crippen LogP contribution is 2.17. The van der Waals surface area contributed by atoms with Crippen molar-refractivity contribution in [2.45, 2.75) is 25.7 Å². The zero-order chi connectivity index (χ0) is 18.1. The predicted octanol–water partition coefficient (Wildman–Crippen LogP) is 0.942. The van der Waals surface area contributed by atoms with Gasteiger partial charge in [0.1, 0.15) is 5.75 Å². The van der Waals surface area contributed by atoms with E-state index in [9.17, 15) is 9.59 Å². The number of rotatable bonds is 7. The van der Waals surface area contributed by atoms with Gasteiger partial charge in [-0.1, -0.05) is 18.2 Å². The third kappa shape index (κ3) is 5.48. The van der Waals surface area contributed by atoms with Gasteiger partial charge >= 0.3 is 0 Å². The SMILES string of the molecule is CN=C(NCCc1ccccc1OC)NCCN1C(=O)CCCC1=O. The minimum Gasteiger partial charge on any atom is -0.496 e. The highest BCUT2D eigenvalue weighted by Gasteiger charge is 2.25. The molecule has 2 rings (SSSR count). The largest absolute Gasteiger partial charge is 0.496 e. The van der Waals surface area contributed by atoms with E-state index in [1.54, 1.807) is 14.2 Å². The fourth-order valence-electron chi connectivity index (χ4n) is 2.78. The summed E-state index contributed by atoms with van der Waals surface area (Å²) in [5.41, 5.74) is 1.12. The number of para-hydroxylation sites is 1. The van der Waals surface area contributed by atoms with Crippen LogP contribution in [0.15, 0.2) is 29.3 Å². The van der Waals surface area contributed by atoms with Crippen molar-refractivity contribution in [3.8, 4) is 5.75 Å². The maximum atomic E-state index is 11.8. The van der Waals surface area contributed by atoms with Crippen molar-refractivity contribution in [1.29, 1.82) is 0 Å². The van der Waals surface area contributed by atoms with Crippen LogP contribution in [0, 0.1) is 0 Å². The molecule has 25 heavy (non-hydrogen) atoms. The minimum absolute atomic E-state index is 0.0860. The minimum atomic E-state index is -0.0860. The Labute approximate surface area is 148 Å². The molecule has 1 aliphatic rings. The Bertz CT molecular complexity index is 615. The number of benzene rings is 1. The van der Waals surface area contributed by atoms with E-state index >= 15 is 0 Å². The van der Waals surface area contributed by atoms with Crippen LogP contribution < -0.4 is 15.4 Å². The Morgan fingerprint density at radius 2 is 1.84 bits per heavy atom. The van der Waals surface area contributed by atoms with E-state index in [2.05, 4.69) is 15.6 Å². The maximum absolute atomic E-state index is 11.8. The topological polar surface area (TPSA) is 83.0 Å². The Kier molecular flexibility index (Phi) is 7.25. The number of ether oxygens (including phenoxy) is 1. The summed E-state index contributed by atoms with van der Waals surface area (Å²) in [6, 6.07) is 7.90. The summed E-state index contributed by atoms with van der Waals surface area (Å²) in [6.07, 6.45) is 2.37. The van der Waals surface area contributed by atoms with E-state index in [-0.39, 0.29) is 11.8 Å². The van der Waals surface area contributed by atoms with Gasteiger partial charge in [-0.2, -0.15) is 0 Å². The Morgan fingerprint density at radius 3 is 2.52 bits per heavy atom. The summed E-state index contributed by atoms with van der Waals surface area (Å²) in [5.74, 6) is 1.34. The number of carbonyl (C=O) groups is 2. The first kappa shape index (κ1) is 18.8. The van der Waals surface area contributed by atoms with Crippen molar-refractivity contribution in [3.63, 3.8) is 0 Å². The predicted molar refractivity (Wildman–Crippen MR) is 96.6 cm³/mol. The molecule has 1 aromatic rings. The van der Waals surface area contributed by atoms with Crippen molar-refractivity contribution >= 4 is 17.8 Å². The number of carbonyl (C=O) groups excluding carboxylic acids is 2. The average Bonchev–Trinajstić information content (AvgIpc) is 2.63. The molecule has 0 unspecified atom stereocenters. The lowest BCUT2D eigenvalue weighted by Crippen LogP contribution is -2.46. The Hall–Kier alpha value is -2.57. The normalized spacial score (nSPS) is 15.3. The van der Waals surface area contributed by atoms with Crippen LogP contribution in [0.3, 0.4) is 0 Å². The van der Waals surface area contributed by atoms with Crippen molar-refractivity contribution in [1.82, 2.24) is 15.5 Å². The van der Waals surface area contributed by atoms with Gasteiger partial charge in [0, 0.05) is 39.5 Å². The molecular weight excluding hydrogens is 320 g/mol. The highest BCUT2D eigenvalue weighted by molar-refractivity contribution is 5.97. The first-order valence-electron chi connectivity index (χ1n) is 8.55. The number of nitrogens with one attached hydrogen (secondary N) is 2. The molecule has 2 N–H and O–H groups in total. The number of nitrogens with zero attached hydrogens (tertiary/aromatic N) is 2. The number of guanidine groups is 1. The highest BCUT2D eigenvalue weighted by atomic mass is 16.5. The number of likely N-dealkylation sites (tertiary alicyclic amines) is 1. The number of hydrogen-bond acceptors (Lipinski definition) is 4. The molecule has 1 aromatic carbocycles. The van der Waals surface area contributed by atoms with Gasteiger partial charge in [0.2, 0.25) is 11.8 Å². The second-order valence-corrected chi connectivity index (χ2v) is 5.78. The third-order valence-electron chi connectivity index (χ3n) is 4.11. The summed E-state index contributed by atoms with van der Waals surface area (Å²) in [5, 5.41) is 6.36. The van der Waals surface area contributed by atoms with E-state index in [0.717, 1.165) is 17.7 Å². The van der Waals surface area contributed by atoms with E-state index in [1.807, 2.05) is 24.3 Å². The van der Waals surface area contributed by atoms with Gasteiger partial charge in [-0.15, -0.1) is 0 Å². The maximum Gasteiger partial charge on any atom is 0.229 e. The molecule has 1 fully saturated rings. The van der Waals surface area contributed by atoms with Crippen LogP contribution in [0.5, 0.6) is 5.75 Å². The molecule has 7 heteroatoms. The molecule has 0 bridgehead atoms. The average molecular weight is 346 g/mol. The van der Waals surface area contributed by atoms with E-state index in [0.29, 0.717) is 44.9 Å². The lowest BCUT2D eigenvalue weighted by molar-refractivity contribution is -0.147. The summed E-state index contributed by atoms with van der Waals surface area (Å²) in [4.78, 5) is 29.0. The van der Waals surface area contributed by atoms with Crippen LogP contribution in [0.1, 0.15) is 24.8 Å². The van der Waals surface area contributed by atoms with Crippen molar-refractivity contribution in [3.05, 3.63) is 29.8 Å². The van der Waals surface area contributed by atoms with Crippen molar-refractivity contribution < 1.29 is 14.3 Å². The number of imide groups is 1. The zero-order valence-corrected chi connectivity index (χ0v) is 14.9. The summed E-state index contributed by atoms with van der Waals surface area (Å²) in [6.45, 7) is 1.54. The standard InChI is InChI=1S/C18H26N4O3/c1-19-18(20-11-10-14-6-3-4-7-15(14)25-2)21-12-13-22-16(23)8-5-9-17(22)24/h3-4,6-7H,5,8-13H2,1-2H3,(H2,19,20,21). The first-order valence-corrected chi connectivity index (χ1v) is 8.55. The van der Waals surface area contributed by atoms with Gasteiger partial charge in [-0.3, -0.25) is 19.5 Å². The molecule has 1 heterocycles. The lowest BCUT2D eigenvalue weighted by Gasteiger charge is -2.25. The second-order valence-electron chi connectivity index (χ2n) is 5.78. The summed E-state index contributed by atoms with van der Waals surface area (Å²) < 4.78 is 5.34. The Morgan fingerprint density at radius 1 is 1.16 bits per heavy atom. The van der Waals surface area contributed by atoms with E-state index in [4.69, 9.17) is 4.74 Å². The van der Waals surface area contributed by atoms with Gasteiger partial charge in [0.15, 0.2) is 5.96 Å². The van der Waals surface area contributed by atoms with Crippen LogP contribution in [-0.4, -0.2) is 56.5 Å². The van der Waals surface area contributed by atoms with Crippen LogP contribution in [0.25, 0.3) is 0 Å². The molecule has 1 saturated heterocycles. The van der Waals surface area contributed by atoms with E-state index in [1.165, 1.54) is 4.90 Å². The zero-order valence-electron chi connectivity index (χ0n) is 14.9.